The summed E-state index contributed by atoms with van der Waals surface area (Å²) in [5, 5.41) is 115. The van der Waals surface area contributed by atoms with E-state index >= 15 is 0 Å². The maximum absolute atomic E-state index is 13.8. The monoisotopic (exact) mass is 1450 g/mol. The molecule has 572 valence electrons. The van der Waals surface area contributed by atoms with E-state index in [1.807, 2.05) is 0 Å². The van der Waals surface area contributed by atoms with Crippen molar-refractivity contribution in [1.82, 2.24) is 47.9 Å². The SMILES string of the molecule is COP(=O)(O)OCCOCCNC(=O)CCCC(=O)N[C@@H](CCC(=O)N[C@@H](CCC(=O)NCCOCCOC1OC(CO)C(O)C(O)C1NC(C)=O)C(=O)NCCOCCCCC1OC(CO)C(O)C(O)C1NC(C)=O)C(=O)NCCOCCOC1OC(CO)C(O)C(O)C1NC(C)=O. The summed E-state index contributed by atoms with van der Waals surface area (Å²) in [4.78, 5) is 125. The Hall–Kier alpha value is -5.38. The molecule has 3 rings (SSSR count). The van der Waals surface area contributed by atoms with E-state index in [2.05, 4.69) is 56.9 Å². The normalized spacial score (nSPS) is 26.5. The summed E-state index contributed by atoms with van der Waals surface area (Å²) in [7, 11) is -3.19. The van der Waals surface area contributed by atoms with E-state index in [9.17, 15) is 98.6 Å². The first-order chi connectivity index (χ1) is 47.2. The van der Waals surface area contributed by atoms with Gasteiger partial charge in [-0.1, -0.05) is 0 Å². The molecule has 19 N–H and O–H groups in total. The number of rotatable bonds is 50. The number of aliphatic hydroxyl groups is 9. The van der Waals surface area contributed by atoms with Crippen LogP contribution in [0.4, 0.5) is 0 Å². The van der Waals surface area contributed by atoms with Crippen molar-refractivity contribution in [3.63, 3.8) is 0 Å². The lowest BCUT2D eigenvalue weighted by Gasteiger charge is -2.42. The Kier molecular flexibility index (Phi) is 43.0. The lowest BCUT2D eigenvalue weighted by molar-refractivity contribution is -0.272. The van der Waals surface area contributed by atoms with Crippen molar-refractivity contribution in [2.24, 2.45) is 0 Å². The van der Waals surface area contributed by atoms with Crippen LogP contribution in [0.2, 0.25) is 0 Å². The lowest BCUT2D eigenvalue weighted by Crippen LogP contribution is -2.64. The summed E-state index contributed by atoms with van der Waals surface area (Å²) in [5.74, 6) is -5.53. The van der Waals surface area contributed by atoms with E-state index in [0.717, 1.165) is 7.11 Å². The standard InChI is InChI=1S/C58H104N9O31P/c1-33(71)63-46-38(96-39(30-68)49(78)52(46)81)8-5-6-19-89-22-17-61-55(84)36(11-13-43(75)60-16-20-90-24-27-93-57-47(64-34(2)72)53(82)50(79)40(31-69)97-57)67-45(77)14-12-37(66-44(76)10-7-9-42(74)59-15-21-92-26-29-95-99(86,87)88-4)56(85)62-18-23-91-25-28-94-58-48(65-35(3)73)54(83)51(80)41(32-70)98-58/h36-41,46-54,57-58,68-70,78-83H,5-32H2,1-4H3,(H,59,74)(H,60,75)(H,61,84)(H,62,85)(H,63,71)(H,64,72)(H,65,73)(H,66,76)(H,67,77)(H,86,87)/t36-,37-,38?,39?,40?,41?,46?,47?,48?,49?,50?,51?,52?,53?,54?,57?,58?/m0/s1. The van der Waals surface area contributed by atoms with Crippen molar-refractivity contribution in [2.45, 2.75) is 189 Å². The maximum atomic E-state index is 13.8. The molecule has 0 aromatic rings. The van der Waals surface area contributed by atoms with E-state index in [0.29, 0.717) is 19.3 Å². The molecule has 16 unspecified atom stereocenters. The number of hydrogen-bond acceptors (Lipinski definition) is 30. The second-order valence-corrected chi connectivity index (χ2v) is 24.7. The van der Waals surface area contributed by atoms with Crippen molar-refractivity contribution in [3.8, 4) is 0 Å². The Morgan fingerprint density at radius 2 is 0.798 bits per heavy atom. The summed E-state index contributed by atoms with van der Waals surface area (Å²) in [6.07, 6.45) is -16.3. The molecular weight excluding hydrogens is 1350 g/mol. The zero-order valence-corrected chi connectivity index (χ0v) is 57.0. The van der Waals surface area contributed by atoms with Gasteiger partial charge in [0, 0.05) is 86.4 Å². The van der Waals surface area contributed by atoms with Crippen LogP contribution >= 0.6 is 7.82 Å². The maximum Gasteiger partial charge on any atom is 0.471 e. The first-order valence-corrected chi connectivity index (χ1v) is 34.1. The van der Waals surface area contributed by atoms with Crippen LogP contribution in [0.3, 0.4) is 0 Å². The van der Waals surface area contributed by atoms with Gasteiger partial charge in [0.15, 0.2) is 12.6 Å². The molecule has 0 saturated carbocycles. The fraction of sp³-hybridized carbons (Fsp3) is 0.845. The molecule has 3 aliphatic heterocycles. The van der Waals surface area contributed by atoms with Crippen LogP contribution < -0.4 is 47.9 Å². The molecule has 99 heavy (non-hydrogen) atoms. The molecule has 0 aromatic carbocycles. The first kappa shape index (κ1) is 87.8. The zero-order valence-electron chi connectivity index (χ0n) is 56.1. The largest absolute Gasteiger partial charge is 0.471 e. The molecule has 40 nitrogen and oxygen atoms in total. The van der Waals surface area contributed by atoms with Crippen LogP contribution in [0.15, 0.2) is 0 Å². The molecule has 3 fully saturated rings. The number of unbranched alkanes of at least 4 members (excludes halogenated alkanes) is 1. The molecule has 0 aliphatic carbocycles. The average molecular weight is 1450 g/mol. The van der Waals surface area contributed by atoms with Crippen LogP contribution in [-0.4, -0.2) is 334 Å². The fourth-order valence-corrected chi connectivity index (χ4v) is 10.6. The average Bonchev–Trinajstić information content (AvgIpc) is 0.824. The number of amides is 9. The van der Waals surface area contributed by atoms with Gasteiger partial charge in [0.1, 0.15) is 79.1 Å². The van der Waals surface area contributed by atoms with Crippen LogP contribution in [0.1, 0.15) is 85.0 Å². The number of ether oxygens (including phenoxy) is 9. The fourth-order valence-electron chi connectivity index (χ4n) is 10.2. The van der Waals surface area contributed by atoms with Gasteiger partial charge in [-0.15, -0.1) is 0 Å². The minimum atomic E-state index is -4.18. The van der Waals surface area contributed by atoms with Gasteiger partial charge in [0.2, 0.25) is 53.2 Å². The van der Waals surface area contributed by atoms with Gasteiger partial charge < -0.3 is 141 Å². The summed E-state index contributed by atoms with van der Waals surface area (Å²) in [6.45, 7) is 0.686. The van der Waals surface area contributed by atoms with E-state index in [4.69, 9.17) is 42.6 Å². The predicted octanol–water partition coefficient (Wildman–Crippen LogP) is -8.94. The Bertz CT molecular complexity index is 2490. The van der Waals surface area contributed by atoms with Crippen LogP contribution in [0.5, 0.6) is 0 Å². The molecule has 18 atom stereocenters. The minimum absolute atomic E-state index is 0.0136. The van der Waals surface area contributed by atoms with E-state index in [1.165, 1.54) is 20.8 Å². The van der Waals surface area contributed by atoms with Crippen LogP contribution in [0, 0.1) is 0 Å². The molecule has 9 amide bonds. The van der Waals surface area contributed by atoms with Gasteiger partial charge in [-0.3, -0.25) is 52.2 Å². The highest BCUT2D eigenvalue weighted by Crippen LogP contribution is 2.41. The molecule has 3 aliphatic rings. The zero-order chi connectivity index (χ0) is 73.5. The van der Waals surface area contributed by atoms with Crippen molar-refractivity contribution >= 4 is 61.0 Å². The Labute approximate surface area is 572 Å². The van der Waals surface area contributed by atoms with Crippen molar-refractivity contribution < 1.29 is 150 Å². The number of phosphoric acid groups is 1. The topological polar surface area (TPSA) is 583 Å². The number of hydrogen-bond donors (Lipinski definition) is 19. The summed E-state index contributed by atoms with van der Waals surface area (Å²) < 4.78 is 70.5. The highest BCUT2D eigenvalue weighted by atomic mass is 31.2. The van der Waals surface area contributed by atoms with Gasteiger partial charge in [-0.05, 0) is 38.5 Å². The Morgan fingerprint density at radius 1 is 0.424 bits per heavy atom. The number of carbonyl (C=O) groups is 9. The Morgan fingerprint density at radius 3 is 1.24 bits per heavy atom. The van der Waals surface area contributed by atoms with E-state index < -0.39 is 191 Å². The number of phosphoric ester groups is 1. The number of carbonyl (C=O) groups excluding carboxylic acids is 9. The van der Waals surface area contributed by atoms with Gasteiger partial charge in [-0.2, -0.15) is 0 Å². The minimum Gasteiger partial charge on any atom is -0.394 e. The molecule has 41 heteroatoms. The number of nitrogens with one attached hydrogen (secondary N) is 9. The molecular formula is C58H104N9O31P. The lowest BCUT2D eigenvalue weighted by atomic mass is 9.90. The quantitative estimate of drug-likeness (QED) is 0.0199. The molecule has 0 spiro atoms. The van der Waals surface area contributed by atoms with E-state index in [-0.39, 0.29) is 137 Å². The molecule has 3 saturated heterocycles. The summed E-state index contributed by atoms with van der Waals surface area (Å²) >= 11 is 0. The molecule has 0 aromatic heterocycles. The highest BCUT2D eigenvalue weighted by Gasteiger charge is 2.47. The third-order valence-corrected chi connectivity index (χ3v) is 16.3. The summed E-state index contributed by atoms with van der Waals surface area (Å²) in [5.41, 5.74) is 0. The van der Waals surface area contributed by atoms with Gasteiger partial charge in [0.05, 0.1) is 98.0 Å². The van der Waals surface area contributed by atoms with Gasteiger partial charge in [0.25, 0.3) is 0 Å². The molecule has 0 bridgehead atoms. The van der Waals surface area contributed by atoms with E-state index in [1.54, 1.807) is 0 Å². The smallest absolute Gasteiger partial charge is 0.394 e. The Balaban J connectivity index is 1.63. The molecule has 3 heterocycles. The third kappa shape index (κ3) is 34.0. The third-order valence-electron chi connectivity index (χ3n) is 15.3. The first-order valence-electron chi connectivity index (χ1n) is 32.6. The van der Waals surface area contributed by atoms with Crippen LogP contribution in [-0.2, 0) is 99.4 Å². The second kappa shape index (κ2) is 48.5. The van der Waals surface area contributed by atoms with Crippen molar-refractivity contribution in [3.05, 3.63) is 0 Å². The van der Waals surface area contributed by atoms with Crippen molar-refractivity contribution in [1.29, 1.82) is 0 Å². The van der Waals surface area contributed by atoms with Gasteiger partial charge >= 0.3 is 7.82 Å². The van der Waals surface area contributed by atoms with Gasteiger partial charge in [-0.25, -0.2) is 4.57 Å². The highest BCUT2D eigenvalue weighted by molar-refractivity contribution is 7.47. The predicted molar refractivity (Wildman–Crippen MR) is 336 cm³/mol. The summed E-state index contributed by atoms with van der Waals surface area (Å²) in [6, 6.07) is -6.05. The molecule has 0 radical (unpaired) electrons. The van der Waals surface area contributed by atoms with Crippen molar-refractivity contribution in [2.75, 3.05) is 126 Å². The second-order valence-electron chi connectivity index (χ2n) is 23.1. The number of aliphatic hydroxyl groups excluding tert-OH is 9. The van der Waals surface area contributed by atoms with Crippen LogP contribution in [0.25, 0.3) is 0 Å².